The van der Waals surface area contributed by atoms with Crippen molar-refractivity contribution in [3.63, 3.8) is 0 Å². The summed E-state index contributed by atoms with van der Waals surface area (Å²) in [5.41, 5.74) is 5.93. The molecule has 1 aliphatic rings. The predicted molar refractivity (Wildman–Crippen MR) is 131 cm³/mol. The zero-order valence-corrected chi connectivity index (χ0v) is 19.1. The van der Waals surface area contributed by atoms with Crippen molar-refractivity contribution in [1.82, 2.24) is 24.5 Å². The van der Waals surface area contributed by atoms with E-state index in [0.29, 0.717) is 11.6 Å². The normalized spacial score (nSPS) is 13.8. The Hall–Kier alpha value is -3.97. The number of hydrogen-bond donors (Lipinski definition) is 0. The smallest absolute Gasteiger partial charge is 0.228 e. The summed E-state index contributed by atoms with van der Waals surface area (Å²) in [5, 5.41) is 4.80. The van der Waals surface area contributed by atoms with Crippen molar-refractivity contribution in [2.24, 2.45) is 0 Å². The largest absolute Gasteiger partial charge is 0.461 e. The first-order valence-corrected chi connectivity index (χ1v) is 11.6. The van der Waals surface area contributed by atoms with E-state index in [9.17, 15) is 0 Å². The highest BCUT2D eigenvalue weighted by atomic mass is 16.3. The zero-order valence-electron chi connectivity index (χ0n) is 19.1. The highest BCUT2D eigenvalue weighted by Crippen LogP contribution is 2.25. The molecule has 2 aromatic carbocycles. The quantitative estimate of drug-likeness (QED) is 0.377. The van der Waals surface area contributed by atoms with Gasteiger partial charge in [0.15, 0.2) is 11.4 Å². The summed E-state index contributed by atoms with van der Waals surface area (Å²) >= 11 is 0. The summed E-state index contributed by atoms with van der Waals surface area (Å²) < 4.78 is 7.45. The van der Waals surface area contributed by atoms with E-state index >= 15 is 0 Å². The number of nitrogens with zero attached hydrogens (tertiary/aromatic N) is 6. The predicted octanol–water partition coefficient (Wildman–Crippen LogP) is 4.58. The fraction of sp³-hybridized carbons (Fsp3) is 0.222. The highest BCUT2D eigenvalue weighted by Gasteiger charge is 2.21. The minimum absolute atomic E-state index is 0.567. The Labute approximate surface area is 198 Å². The van der Waals surface area contributed by atoms with Gasteiger partial charge in [-0.3, -0.25) is 4.90 Å². The van der Waals surface area contributed by atoms with Gasteiger partial charge < -0.3 is 9.32 Å². The molecule has 0 fully saturated rings. The van der Waals surface area contributed by atoms with Crippen molar-refractivity contribution >= 4 is 11.6 Å². The van der Waals surface area contributed by atoms with E-state index < -0.39 is 0 Å². The Morgan fingerprint density at radius 3 is 2.62 bits per heavy atom. The molecule has 170 valence electrons. The molecule has 0 saturated heterocycles. The molecule has 4 heterocycles. The minimum atomic E-state index is 0.567. The molecule has 0 saturated carbocycles. The molecule has 0 atom stereocenters. The molecule has 0 radical (unpaired) electrons. The van der Waals surface area contributed by atoms with E-state index in [1.165, 1.54) is 16.7 Å². The molecule has 7 nitrogen and oxygen atoms in total. The van der Waals surface area contributed by atoms with E-state index in [0.717, 1.165) is 49.8 Å². The first-order chi connectivity index (χ1) is 16.7. The molecule has 6 rings (SSSR count). The monoisotopic (exact) mass is 450 g/mol. The van der Waals surface area contributed by atoms with Crippen LogP contribution in [0, 0.1) is 0 Å². The lowest BCUT2D eigenvalue weighted by Gasteiger charge is -2.28. The number of aromatic nitrogens is 4. The van der Waals surface area contributed by atoms with Crippen molar-refractivity contribution in [3.8, 4) is 11.6 Å². The van der Waals surface area contributed by atoms with Crippen LogP contribution in [0.4, 0.5) is 5.95 Å². The third kappa shape index (κ3) is 3.95. The number of benzene rings is 2. The van der Waals surface area contributed by atoms with Crippen LogP contribution < -0.4 is 4.90 Å². The van der Waals surface area contributed by atoms with Gasteiger partial charge in [-0.15, -0.1) is 5.10 Å². The molecule has 34 heavy (non-hydrogen) atoms. The van der Waals surface area contributed by atoms with Gasteiger partial charge in [0.25, 0.3) is 0 Å². The van der Waals surface area contributed by atoms with Gasteiger partial charge >= 0.3 is 0 Å². The van der Waals surface area contributed by atoms with Gasteiger partial charge in [0, 0.05) is 45.0 Å². The zero-order chi connectivity index (χ0) is 22.9. The van der Waals surface area contributed by atoms with Crippen LogP contribution in [0.15, 0.2) is 83.6 Å². The minimum Gasteiger partial charge on any atom is -0.461 e. The average molecular weight is 451 g/mol. The van der Waals surface area contributed by atoms with Crippen molar-refractivity contribution in [3.05, 3.63) is 101 Å². The number of fused-ring (bicyclic) bond motifs is 2. The summed E-state index contributed by atoms with van der Waals surface area (Å²) in [6, 6.07) is 22.8. The van der Waals surface area contributed by atoms with Crippen molar-refractivity contribution < 1.29 is 4.42 Å². The van der Waals surface area contributed by atoms with E-state index in [2.05, 4.69) is 58.3 Å². The Balaban J connectivity index is 1.35. The molecule has 0 bridgehead atoms. The average Bonchev–Trinajstić information content (AvgIpc) is 3.55. The van der Waals surface area contributed by atoms with Crippen LogP contribution in [-0.4, -0.2) is 38.1 Å². The first-order valence-electron chi connectivity index (χ1n) is 11.6. The maximum atomic E-state index is 5.59. The third-order valence-corrected chi connectivity index (χ3v) is 6.37. The lowest BCUT2D eigenvalue weighted by Crippen LogP contribution is -2.30. The van der Waals surface area contributed by atoms with Crippen LogP contribution in [0.1, 0.15) is 22.3 Å². The van der Waals surface area contributed by atoms with Crippen LogP contribution in [0.2, 0.25) is 0 Å². The topological polar surface area (TPSA) is 62.7 Å². The number of anilines is 1. The van der Waals surface area contributed by atoms with Gasteiger partial charge in [-0.25, -0.2) is 9.97 Å². The van der Waals surface area contributed by atoms with Crippen molar-refractivity contribution in [2.75, 3.05) is 18.5 Å². The van der Waals surface area contributed by atoms with Gasteiger partial charge in [0.05, 0.1) is 6.26 Å². The maximum Gasteiger partial charge on any atom is 0.228 e. The fourth-order valence-electron chi connectivity index (χ4n) is 4.65. The van der Waals surface area contributed by atoms with Gasteiger partial charge in [-0.05, 0) is 35.2 Å². The number of hydrogen-bond acceptors (Lipinski definition) is 6. The van der Waals surface area contributed by atoms with Gasteiger partial charge in [-0.1, -0.05) is 54.6 Å². The van der Waals surface area contributed by atoms with Crippen LogP contribution >= 0.6 is 0 Å². The molecule has 0 spiro atoms. The Bertz CT molecular complexity index is 1410. The molecule has 1 aliphatic heterocycles. The number of rotatable bonds is 6. The Morgan fingerprint density at radius 2 is 1.79 bits per heavy atom. The van der Waals surface area contributed by atoms with E-state index in [4.69, 9.17) is 19.5 Å². The first kappa shape index (κ1) is 20.6. The summed E-state index contributed by atoms with van der Waals surface area (Å²) in [6.07, 6.45) is 4.66. The van der Waals surface area contributed by atoms with E-state index in [1.807, 2.05) is 36.0 Å². The molecule has 0 N–H and O–H groups in total. The summed E-state index contributed by atoms with van der Waals surface area (Å²) in [6.45, 7) is 3.43. The molecular weight excluding hydrogens is 424 g/mol. The van der Waals surface area contributed by atoms with Gasteiger partial charge in [-0.2, -0.15) is 4.52 Å². The summed E-state index contributed by atoms with van der Waals surface area (Å²) in [5.74, 6) is 1.97. The standard InChI is InChI=1S/C27H26N6O/c1-31(17-20-8-3-2-4-9-20)27-28-16-23(19-32-14-13-21-10-5-6-11-22(21)18-32)26-29-25(30-33(26)27)24-12-7-15-34-24/h2-12,15-16H,13-14,17-19H2,1H3. The van der Waals surface area contributed by atoms with Crippen LogP contribution in [0.3, 0.4) is 0 Å². The molecule has 7 heteroatoms. The highest BCUT2D eigenvalue weighted by molar-refractivity contribution is 5.58. The summed E-state index contributed by atoms with van der Waals surface area (Å²) in [4.78, 5) is 14.3. The van der Waals surface area contributed by atoms with Gasteiger partial charge in [0.2, 0.25) is 11.8 Å². The third-order valence-electron chi connectivity index (χ3n) is 6.37. The second-order valence-electron chi connectivity index (χ2n) is 8.80. The lowest BCUT2D eigenvalue weighted by atomic mass is 10.00. The molecular formula is C27H26N6O. The second kappa shape index (κ2) is 8.76. The Kier molecular flexibility index (Phi) is 5.31. The Morgan fingerprint density at radius 1 is 0.971 bits per heavy atom. The van der Waals surface area contributed by atoms with Crippen molar-refractivity contribution in [1.29, 1.82) is 0 Å². The van der Waals surface area contributed by atoms with E-state index in [1.54, 1.807) is 6.26 Å². The molecule has 0 amide bonds. The van der Waals surface area contributed by atoms with Crippen LogP contribution in [-0.2, 0) is 26.1 Å². The molecule has 0 unspecified atom stereocenters. The maximum absolute atomic E-state index is 5.59. The van der Waals surface area contributed by atoms with Crippen LogP contribution in [0.5, 0.6) is 0 Å². The van der Waals surface area contributed by atoms with Crippen LogP contribution in [0.25, 0.3) is 17.2 Å². The van der Waals surface area contributed by atoms with Crippen molar-refractivity contribution in [2.45, 2.75) is 26.1 Å². The van der Waals surface area contributed by atoms with E-state index in [-0.39, 0.29) is 0 Å². The molecule has 3 aromatic heterocycles. The molecule has 0 aliphatic carbocycles. The lowest BCUT2D eigenvalue weighted by molar-refractivity contribution is 0.246. The van der Waals surface area contributed by atoms with Gasteiger partial charge in [0.1, 0.15) is 0 Å². The summed E-state index contributed by atoms with van der Waals surface area (Å²) in [7, 11) is 2.03. The second-order valence-corrected chi connectivity index (χ2v) is 8.80. The molecule has 5 aromatic rings. The SMILES string of the molecule is CN(Cc1ccccc1)c1ncc(CN2CCc3ccccc3C2)c2nc(-c3ccco3)nn12. The number of furan rings is 1. The fourth-order valence-corrected chi connectivity index (χ4v) is 4.65.